The molecule has 1 saturated heterocycles. The van der Waals surface area contributed by atoms with E-state index in [1.165, 1.54) is 0 Å². The van der Waals surface area contributed by atoms with Gasteiger partial charge in [0.05, 0.1) is 12.3 Å². The van der Waals surface area contributed by atoms with Crippen LogP contribution < -0.4 is 5.32 Å². The number of morpholine rings is 1. The van der Waals surface area contributed by atoms with E-state index in [2.05, 4.69) is 27.4 Å². The fraction of sp³-hybridized carbons (Fsp3) is 0.333. The van der Waals surface area contributed by atoms with Crippen LogP contribution in [0.4, 0.5) is 0 Å². The van der Waals surface area contributed by atoms with E-state index in [1.807, 2.05) is 31.2 Å². The Bertz CT molecular complexity index is 551. The number of nitrogens with one attached hydrogen (secondary N) is 1. The molecule has 2 aromatic rings. The maximum absolute atomic E-state index is 5.72. The van der Waals surface area contributed by atoms with Crippen molar-refractivity contribution in [2.45, 2.75) is 13.0 Å². The second kappa shape index (κ2) is 5.47. The van der Waals surface area contributed by atoms with Crippen LogP contribution in [0, 0.1) is 6.92 Å². The maximum Gasteiger partial charge on any atom is 0.159 e. The summed E-state index contributed by atoms with van der Waals surface area (Å²) in [5, 5.41) is 3.31. The molecular weight excluding hydrogens is 238 g/mol. The number of aromatic nitrogens is 2. The fourth-order valence-electron chi connectivity index (χ4n) is 2.22. The van der Waals surface area contributed by atoms with Crippen LogP contribution in [0.2, 0.25) is 0 Å². The molecule has 19 heavy (non-hydrogen) atoms. The van der Waals surface area contributed by atoms with Crippen molar-refractivity contribution in [2.75, 3.05) is 19.7 Å². The first-order valence-electron chi connectivity index (χ1n) is 6.56. The third-order valence-corrected chi connectivity index (χ3v) is 3.16. The Labute approximate surface area is 112 Å². The van der Waals surface area contributed by atoms with Crippen molar-refractivity contribution in [1.82, 2.24) is 15.3 Å². The summed E-state index contributed by atoms with van der Waals surface area (Å²) < 4.78 is 5.72. The molecular formula is C15H17N3O. The van der Waals surface area contributed by atoms with Crippen molar-refractivity contribution in [2.24, 2.45) is 0 Å². The Balaban J connectivity index is 1.96. The lowest BCUT2D eigenvalue weighted by Gasteiger charge is -2.22. The number of hydrogen-bond donors (Lipinski definition) is 1. The normalized spacial score (nSPS) is 19.3. The molecule has 1 N–H and O–H groups in total. The van der Waals surface area contributed by atoms with Gasteiger partial charge in [0.25, 0.3) is 0 Å². The van der Waals surface area contributed by atoms with Gasteiger partial charge in [-0.05, 0) is 13.0 Å². The lowest BCUT2D eigenvalue weighted by atomic mass is 10.1. The van der Waals surface area contributed by atoms with Crippen molar-refractivity contribution in [3.05, 3.63) is 47.9 Å². The van der Waals surface area contributed by atoms with Crippen LogP contribution >= 0.6 is 0 Å². The highest BCUT2D eigenvalue weighted by atomic mass is 16.5. The minimum atomic E-state index is -0.0453. The van der Waals surface area contributed by atoms with Crippen molar-refractivity contribution >= 4 is 0 Å². The Morgan fingerprint density at radius 3 is 2.79 bits per heavy atom. The van der Waals surface area contributed by atoms with Gasteiger partial charge in [0.1, 0.15) is 6.10 Å². The standard InChI is InChI=1S/C15H17N3O/c1-11-9-13(12-5-3-2-4-6-12)18-15(17-11)14-10-16-7-8-19-14/h2-6,9,14,16H,7-8,10H2,1H3. The van der Waals surface area contributed by atoms with E-state index >= 15 is 0 Å². The topological polar surface area (TPSA) is 47.0 Å². The van der Waals surface area contributed by atoms with Crippen molar-refractivity contribution in [1.29, 1.82) is 0 Å². The molecule has 0 amide bonds. The van der Waals surface area contributed by atoms with Crippen LogP contribution in [-0.2, 0) is 4.74 Å². The summed E-state index contributed by atoms with van der Waals surface area (Å²) in [4.78, 5) is 9.16. The Hall–Kier alpha value is -1.78. The monoisotopic (exact) mass is 255 g/mol. The van der Waals surface area contributed by atoms with Gasteiger partial charge in [-0.2, -0.15) is 0 Å². The second-order valence-electron chi connectivity index (χ2n) is 4.68. The molecule has 1 aliphatic rings. The summed E-state index contributed by atoms with van der Waals surface area (Å²) in [6.45, 7) is 4.38. The first-order valence-corrected chi connectivity index (χ1v) is 6.56. The SMILES string of the molecule is Cc1cc(-c2ccccc2)nc(C2CNCCO2)n1. The smallest absolute Gasteiger partial charge is 0.159 e. The first-order chi connectivity index (χ1) is 9.33. The molecule has 1 aliphatic heterocycles. The third-order valence-electron chi connectivity index (χ3n) is 3.16. The highest BCUT2D eigenvalue weighted by Gasteiger charge is 2.19. The number of benzene rings is 1. The molecule has 3 rings (SSSR count). The third kappa shape index (κ3) is 2.80. The zero-order valence-electron chi connectivity index (χ0n) is 11.0. The number of ether oxygens (including phenoxy) is 1. The molecule has 4 heteroatoms. The molecule has 1 unspecified atom stereocenters. The van der Waals surface area contributed by atoms with E-state index in [-0.39, 0.29) is 6.10 Å². The molecule has 0 radical (unpaired) electrons. The highest BCUT2D eigenvalue weighted by Crippen LogP contribution is 2.21. The van der Waals surface area contributed by atoms with Gasteiger partial charge in [-0.3, -0.25) is 0 Å². The molecule has 0 spiro atoms. The minimum absolute atomic E-state index is 0.0453. The van der Waals surface area contributed by atoms with Crippen LogP contribution in [0.3, 0.4) is 0 Å². The van der Waals surface area contributed by atoms with Gasteiger partial charge in [-0.25, -0.2) is 9.97 Å². The summed E-state index contributed by atoms with van der Waals surface area (Å²) in [6.07, 6.45) is -0.0453. The lowest BCUT2D eigenvalue weighted by Crippen LogP contribution is -2.34. The molecule has 1 atom stereocenters. The lowest BCUT2D eigenvalue weighted by molar-refractivity contribution is 0.0221. The summed E-state index contributed by atoms with van der Waals surface area (Å²) in [6, 6.07) is 12.2. The van der Waals surface area contributed by atoms with E-state index in [9.17, 15) is 0 Å². The van der Waals surface area contributed by atoms with Gasteiger partial charge in [0.15, 0.2) is 5.82 Å². The molecule has 1 fully saturated rings. The predicted octanol–water partition coefficient (Wildman–Crippen LogP) is 2.11. The van der Waals surface area contributed by atoms with Crippen LogP contribution in [0.15, 0.2) is 36.4 Å². The number of nitrogens with zero attached hydrogens (tertiary/aromatic N) is 2. The van der Waals surface area contributed by atoms with Gasteiger partial charge in [-0.1, -0.05) is 30.3 Å². The van der Waals surface area contributed by atoms with E-state index < -0.39 is 0 Å². The summed E-state index contributed by atoms with van der Waals surface area (Å²) >= 11 is 0. The van der Waals surface area contributed by atoms with E-state index in [0.717, 1.165) is 35.9 Å². The van der Waals surface area contributed by atoms with E-state index in [1.54, 1.807) is 0 Å². The Kier molecular flexibility index (Phi) is 3.53. The molecule has 0 saturated carbocycles. The van der Waals surface area contributed by atoms with Gasteiger partial charge in [0, 0.05) is 24.3 Å². The van der Waals surface area contributed by atoms with Gasteiger partial charge < -0.3 is 10.1 Å². The number of rotatable bonds is 2. The van der Waals surface area contributed by atoms with Crippen molar-refractivity contribution < 1.29 is 4.74 Å². The van der Waals surface area contributed by atoms with E-state index in [4.69, 9.17) is 4.74 Å². The van der Waals surface area contributed by atoms with Gasteiger partial charge in [0.2, 0.25) is 0 Å². The average molecular weight is 255 g/mol. The molecule has 0 aliphatic carbocycles. The van der Waals surface area contributed by atoms with Crippen LogP contribution in [0.25, 0.3) is 11.3 Å². The number of hydrogen-bond acceptors (Lipinski definition) is 4. The molecule has 1 aromatic carbocycles. The molecule has 98 valence electrons. The summed E-state index contributed by atoms with van der Waals surface area (Å²) in [5.74, 6) is 0.769. The zero-order valence-corrected chi connectivity index (χ0v) is 11.0. The van der Waals surface area contributed by atoms with E-state index in [0.29, 0.717) is 6.61 Å². The molecule has 1 aromatic heterocycles. The van der Waals surface area contributed by atoms with Gasteiger partial charge in [-0.15, -0.1) is 0 Å². The zero-order chi connectivity index (χ0) is 13.1. The Morgan fingerprint density at radius 2 is 2.05 bits per heavy atom. The summed E-state index contributed by atoms with van der Waals surface area (Å²) in [5.41, 5.74) is 3.04. The minimum Gasteiger partial charge on any atom is -0.368 e. The predicted molar refractivity (Wildman–Crippen MR) is 73.8 cm³/mol. The summed E-state index contributed by atoms with van der Waals surface area (Å²) in [7, 11) is 0. The quantitative estimate of drug-likeness (QED) is 0.893. The maximum atomic E-state index is 5.72. The highest BCUT2D eigenvalue weighted by molar-refractivity contribution is 5.59. The van der Waals surface area contributed by atoms with Crippen LogP contribution in [0.5, 0.6) is 0 Å². The van der Waals surface area contributed by atoms with Crippen molar-refractivity contribution in [3.63, 3.8) is 0 Å². The van der Waals surface area contributed by atoms with Crippen molar-refractivity contribution in [3.8, 4) is 11.3 Å². The molecule has 2 heterocycles. The Morgan fingerprint density at radius 1 is 1.21 bits per heavy atom. The molecule has 4 nitrogen and oxygen atoms in total. The largest absolute Gasteiger partial charge is 0.368 e. The van der Waals surface area contributed by atoms with Gasteiger partial charge >= 0.3 is 0 Å². The fourth-order valence-corrected chi connectivity index (χ4v) is 2.22. The average Bonchev–Trinajstić information content (AvgIpc) is 2.48. The van der Waals surface area contributed by atoms with Crippen LogP contribution in [-0.4, -0.2) is 29.7 Å². The first kappa shape index (κ1) is 12.3. The molecule has 0 bridgehead atoms. The second-order valence-corrected chi connectivity index (χ2v) is 4.68. The number of aryl methyl sites for hydroxylation is 1. The van der Waals surface area contributed by atoms with Crippen LogP contribution in [0.1, 0.15) is 17.6 Å².